The Morgan fingerprint density at radius 1 is 1.30 bits per heavy atom. The Hall–Kier alpha value is -2.21. The summed E-state index contributed by atoms with van der Waals surface area (Å²) in [5, 5.41) is 8.58. The van der Waals surface area contributed by atoms with Gasteiger partial charge in [-0.3, -0.25) is 9.20 Å². The number of fused-ring (bicyclic) bond motifs is 1. The molecule has 0 radical (unpaired) electrons. The maximum Gasteiger partial charge on any atom is 0.255 e. The summed E-state index contributed by atoms with van der Waals surface area (Å²) in [6, 6.07) is 7.85. The number of rotatable bonds is 2. The molecule has 3 aromatic heterocycles. The van der Waals surface area contributed by atoms with Crippen molar-refractivity contribution in [1.29, 1.82) is 0 Å². The van der Waals surface area contributed by atoms with Gasteiger partial charge in [0, 0.05) is 22.5 Å². The van der Waals surface area contributed by atoms with E-state index in [1.165, 1.54) is 4.88 Å². The van der Waals surface area contributed by atoms with Crippen LogP contribution in [0.25, 0.3) is 5.65 Å². The van der Waals surface area contributed by atoms with Gasteiger partial charge in [0.2, 0.25) is 0 Å². The van der Waals surface area contributed by atoms with Gasteiger partial charge in [0.15, 0.2) is 11.5 Å². The van der Waals surface area contributed by atoms with Crippen LogP contribution in [-0.4, -0.2) is 31.9 Å². The minimum absolute atomic E-state index is 0.000457. The van der Waals surface area contributed by atoms with E-state index in [1.807, 2.05) is 53.6 Å². The first-order valence-electron chi connectivity index (χ1n) is 7.83. The van der Waals surface area contributed by atoms with Gasteiger partial charge in [0.05, 0.1) is 11.6 Å². The van der Waals surface area contributed by atoms with Crippen molar-refractivity contribution in [3.8, 4) is 0 Å². The van der Waals surface area contributed by atoms with Crippen LogP contribution in [0.1, 0.15) is 44.8 Å². The Morgan fingerprint density at radius 2 is 2.17 bits per heavy atom. The molecule has 1 saturated heterocycles. The summed E-state index contributed by atoms with van der Waals surface area (Å²) in [4.78, 5) is 17.2. The van der Waals surface area contributed by atoms with E-state index in [2.05, 4.69) is 10.2 Å². The topological polar surface area (TPSA) is 50.5 Å². The van der Waals surface area contributed by atoms with Gasteiger partial charge in [-0.2, -0.15) is 0 Å². The maximum atomic E-state index is 13.0. The number of hydrogen-bond acceptors (Lipinski definition) is 4. The smallest absolute Gasteiger partial charge is 0.255 e. The maximum absolute atomic E-state index is 13.0. The number of carbonyl (C=O) groups excluding carboxylic acids is 1. The Kier molecular flexibility index (Phi) is 3.41. The van der Waals surface area contributed by atoms with Crippen molar-refractivity contribution in [3.63, 3.8) is 0 Å². The molecule has 0 aliphatic carbocycles. The molecule has 1 aliphatic rings. The van der Waals surface area contributed by atoms with Crippen LogP contribution in [0.2, 0.25) is 0 Å². The minimum Gasteiger partial charge on any atom is -0.328 e. The highest BCUT2D eigenvalue weighted by atomic mass is 32.1. The Balaban J connectivity index is 1.72. The molecule has 1 atom stereocenters. The lowest BCUT2D eigenvalue weighted by Crippen LogP contribution is -2.31. The van der Waals surface area contributed by atoms with Crippen molar-refractivity contribution in [2.75, 3.05) is 6.54 Å². The molecule has 4 heterocycles. The summed E-state index contributed by atoms with van der Waals surface area (Å²) < 4.78 is 1.99. The number of thiophene rings is 1. The molecule has 1 fully saturated rings. The van der Waals surface area contributed by atoms with Crippen molar-refractivity contribution in [2.45, 2.75) is 32.7 Å². The normalized spacial score (nSPS) is 18.0. The highest BCUT2D eigenvalue weighted by molar-refractivity contribution is 7.12. The minimum atomic E-state index is -0.000457. The molecule has 1 aliphatic heterocycles. The van der Waals surface area contributed by atoms with Crippen molar-refractivity contribution >= 4 is 22.9 Å². The van der Waals surface area contributed by atoms with Gasteiger partial charge in [-0.1, -0.05) is 6.07 Å². The highest BCUT2D eigenvalue weighted by Gasteiger charge is 2.34. The zero-order valence-electron chi connectivity index (χ0n) is 13.2. The van der Waals surface area contributed by atoms with E-state index in [0.717, 1.165) is 41.3 Å². The largest absolute Gasteiger partial charge is 0.328 e. The van der Waals surface area contributed by atoms with Crippen LogP contribution >= 0.6 is 11.3 Å². The molecule has 0 N–H and O–H groups in total. The number of aryl methyl sites for hydroxylation is 2. The molecule has 0 unspecified atom stereocenters. The third-order valence-corrected chi connectivity index (χ3v) is 5.39. The lowest BCUT2D eigenvalue weighted by atomic mass is 10.1. The van der Waals surface area contributed by atoms with Crippen LogP contribution in [0.3, 0.4) is 0 Å². The lowest BCUT2D eigenvalue weighted by molar-refractivity contribution is 0.0729. The summed E-state index contributed by atoms with van der Waals surface area (Å²) in [6.45, 7) is 4.84. The van der Waals surface area contributed by atoms with Gasteiger partial charge in [0.1, 0.15) is 0 Å². The first-order valence-corrected chi connectivity index (χ1v) is 8.64. The number of nitrogens with zero attached hydrogens (tertiary/aromatic N) is 4. The first-order chi connectivity index (χ1) is 11.1. The highest BCUT2D eigenvalue weighted by Crippen LogP contribution is 2.34. The van der Waals surface area contributed by atoms with E-state index in [0.29, 0.717) is 0 Å². The van der Waals surface area contributed by atoms with Crippen LogP contribution < -0.4 is 0 Å². The van der Waals surface area contributed by atoms with Gasteiger partial charge in [-0.25, -0.2) is 0 Å². The third-order valence-electron chi connectivity index (χ3n) is 4.42. The molecule has 1 amide bonds. The second-order valence-corrected chi connectivity index (χ2v) is 7.43. The fourth-order valence-electron chi connectivity index (χ4n) is 3.36. The molecule has 118 valence electrons. The monoisotopic (exact) mass is 326 g/mol. The SMILES string of the molecule is Cc1cc(C(=O)N2CCC[C@H]2c2nnc3ccccn23)c(C)s1. The van der Waals surface area contributed by atoms with Crippen molar-refractivity contribution < 1.29 is 4.79 Å². The van der Waals surface area contributed by atoms with Crippen molar-refractivity contribution in [2.24, 2.45) is 0 Å². The van der Waals surface area contributed by atoms with Gasteiger partial charge in [-0.15, -0.1) is 21.5 Å². The summed E-state index contributed by atoms with van der Waals surface area (Å²) in [5.74, 6) is 0.970. The molecule has 3 aromatic rings. The van der Waals surface area contributed by atoms with Gasteiger partial charge in [-0.05, 0) is 44.9 Å². The number of aromatic nitrogens is 3. The van der Waals surface area contributed by atoms with E-state index in [1.54, 1.807) is 11.3 Å². The Labute approximate surface area is 138 Å². The number of carbonyl (C=O) groups is 1. The average Bonchev–Trinajstić information content (AvgIpc) is 3.24. The fraction of sp³-hybridized carbons (Fsp3) is 0.353. The molecule has 0 spiro atoms. The lowest BCUT2D eigenvalue weighted by Gasteiger charge is -2.23. The van der Waals surface area contributed by atoms with E-state index in [4.69, 9.17) is 0 Å². The van der Waals surface area contributed by atoms with Crippen molar-refractivity contribution in [3.05, 3.63) is 51.6 Å². The molecule has 6 heteroatoms. The van der Waals surface area contributed by atoms with Gasteiger partial charge >= 0.3 is 0 Å². The van der Waals surface area contributed by atoms with Crippen molar-refractivity contribution in [1.82, 2.24) is 19.5 Å². The summed E-state index contributed by atoms with van der Waals surface area (Å²) in [5.41, 5.74) is 1.65. The van der Waals surface area contributed by atoms with Crippen LogP contribution in [0.15, 0.2) is 30.5 Å². The first kappa shape index (κ1) is 14.4. The standard InChI is InChI=1S/C17H18N4OS/c1-11-10-13(12(2)23-11)17(22)20-9-5-6-14(20)16-19-18-15-7-3-4-8-21(15)16/h3-4,7-8,10,14H,5-6,9H2,1-2H3/t14-/m0/s1. The van der Waals surface area contributed by atoms with Gasteiger partial charge in [0.25, 0.3) is 5.91 Å². The molecule has 0 bridgehead atoms. The van der Waals surface area contributed by atoms with Crippen LogP contribution in [-0.2, 0) is 0 Å². The number of pyridine rings is 1. The molecule has 5 nitrogen and oxygen atoms in total. The zero-order chi connectivity index (χ0) is 16.0. The van der Waals surface area contributed by atoms with Crippen LogP contribution in [0, 0.1) is 13.8 Å². The summed E-state index contributed by atoms with van der Waals surface area (Å²) >= 11 is 1.68. The van der Waals surface area contributed by atoms with E-state index < -0.39 is 0 Å². The molecule has 4 rings (SSSR count). The molecular formula is C17H18N4OS. The van der Waals surface area contributed by atoms with Crippen LogP contribution in [0.4, 0.5) is 0 Å². The van der Waals surface area contributed by atoms with E-state index in [9.17, 15) is 4.79 Å². The average molecular weight is 326 g/mol. The molecule has 0 saturated carbocycles. The third kappa shape index (κ3) is 2.34. The summed E-state index contributed by atoms with van der Waals surface area (Å²) in [6.07, 6.45) is 3.90. The number of likely N-dealkylation sites (tertiary alicyclic amines) is 1. The zero-order valence-corrected chi connectivity index (χ0v) is 14.0. The predicted octanol–water partition coefficient (Wildman–Crippen LogP) is 3.38. The second kappa shape index (κ2) is 5.45. The van der Waals surface area contributed by atoms with E-state index >= 15 is 0 Å². The van der Waals surface area contributed by atoms with E-state index in [-0.39, 0.29) is 11.9 Å². The predicted molar refractivity (Wildman–Crippen MR) is 89.8 cm³/mol. The fourth-order valence-corrected chi connectivity index (χ4v) is 4.28. The molecular weight excluding hydrogens is 308 g/mol. The number of amides is 1. The Bertz CT molecular complexity index is 882. The second-order valence-electron chi connectivity index (χ2n) is 5.97. The summed E-state index contributed by atoms with van der Waals surface area (Å²) in [7, 11) is 0. The van der Waals surface area contributed by atoms with Crippen LogP contribution in [0.5, 0.6) is 0 Å². The number of hydrogen-bond donors (Lipinski definition) is 0. The van der Waals surface area contributed by atoms with Gasteiger partial charge < -0.3 is 4.90 Å². The quantitative estimate of drug-likeness (QED) is 0.725. The molecule has 23 heavy (non-hydrogen) atoms. The molecule has 0 aromatic carbocycles. The Morgan fingerprint density at radius 3 is 2.96 bits per heavy atom.